The van der Waals surface area contributed by atoms with E-state index in [-0.39, 0.29) is 18.4 Å². The second-order valence-electron chi connectivity index (χ2n) is 3.18. The molecule has 2 N–H and O–H groups in total. The van der Waals surface area contributed by atoms with E-state index in [4.69, 9.17) is 5.11 Å². The first-order valence-corrected chi connectivity index (χ1v) is 4.31. The molecule has 0 aliphatic carbocycles. The molecule has 0 bridgehead atoms. The number of rotatable bonds is 1. The highest BCUT2D eigenvalue weighted by atomic mass is 16.3. The van der Waals surface area contributed by atoms with Crippen LogP contribution < -0.4 is 5.32 Å². The number of aliphatic hydroxyl groups is 1. The van der Waals surface area contributed by atoms with Gasteiger partial charge in [-0.25, -0.2) is 0 Å². The Morgan fingerprint density at radius 1 is 1.46 bits per heavy atom. The van der Waals surface area contributed by atoms with Crippen LogP contribution >= 0.6 is 0 Å². The van der Waals surface area contributed by atoms with Crippen molar-refractivity contribution in [3.8, 4) is 0 Å². The van der Waals surface area contributed by atoms with Crippen molar-refractivity contribution in [2.75, 3.05) is 13.2 Å². The van der Waals surface area contributed by atoms with E-state index >= 15 is 0 Å². The molecule has 0 spiro atoms. The molecule has 3 nitrogen and oxygen atoms in total. The maximum absolute atomic E-state index is 11.4. The summed E-state index contributed by atoms with van der Waals surface area (Å²) >= 11 is 0. The second-order valence-corrected chi connectivity index (χ2v) is 3.18. The minimum absolute atomic E-state index is 0.0414. The molecule has 1 aliphatic rings. The van der Waals surface area contributed by atoms with Crippen LogP contribution in [-0.4, -0.2) is 24.2 Å². The molecule has 0 aromatic heterocycles. The SMILES string of the molecule is O=C1NC[C@@H](CO)c2ccccc21. The van der Waals surface area contributed by atoms with Gasteiger partial charge in [0.25, 0.3) is 5.91 Å². The summed E-state index contributed by atoms with van der Waals surface area (Å²) in [6.07, 6.45) is 0. The number of hydrogen-bond donors (Lipinski definition) is 2. The average molecular weight is 177 g/mol. The van der Waals surface area contributed by atoms with E-state index in [0.29, 0.717) is 12.1 Å². The minimum Gasteiger partial charge on any atom is -0.396 e. The largest absolute Gasteiger partial charge is 0.396 e. The van der Waals surface area contributed by atoms with Gasteiger partial charge < -0.3 is 10.4 Å². The van der Waals surface area contributed by atoms with E-state index in [1.165, 1.54) is 0 Å². The Hall–Kier alpha value is -1.35. The maximum atomic E-state index is 11.4. The third kappa shape index (κ3) is 1.31. The molecule has 68 valence electrons. The lowest BCUT2D eigenvalue weighted by atomic mass is 9.91. The van der Waals surface area contributed by atoms with Crippen molar-refractivity contribution in [3.63, 3.8) is 0 Å². The molecule has 0 fully saturated rings. The van der Waals surface area contributed by atoms with E-state index in [2.05, 4.69) is 5.32 Å². The summed E-state index contributed by atoms with van der Waals surface area (Å²) in [4.78, 5) is 11.4. The van der Waals surface area contributed by atoms with Gasteiger partial charge in [0.1, 0.15) is 0 Å². The fourth-order valence-electron chi connectivity index (χ4n) is 1.64. The van der Waals surface area contributed by atoms with Crippen LogP contribution in [0, 0.1) is 0 Å². The highest BCUT2D eigenvalue weighted by Crippen LogP contribution is 2.22. The Bertz CT molecular complexity index is 335. The lowest BCUT2D eigenvalue weighted by molar-refractivity contribution is 0.0933. The Kier molecular flexibility index (Phi) is 2.02. The van der Waals surface area contributed by atoms with Crippen molar-refractivity contribution in [1.29, 1.82) is 0 Å². The Morgan fingerprint density at radius 2 is 2.23 bits per heavy atom. The van der Waals surface area contributed by atoms with Crippen LogP contribution in [0.1, 0.15) is 21.8 Å². The van der Waals surface area contributed by atoms with Crippen molar-refractivity contribution in [3.05, 3.63) is 35.4 Å². The zero-order valence-electron chi connectivity index (χ0n) is 7.16. The average Bonchev–Trinajstić information content (AvgIpc) is 2.19. The fourth-order valence-corrected chi connectivity index (χ4v) is 1.64. The number of hydrogen-bond acceptors (Lipinski definition) is 2. The number of fused-ring (bicyclic) bond motifs is 1. The first-order chi connectivity index (χ1) is 6.33. The van der Waals surface area contributed by atoms with Gasteiger partial charge in [-0.15, -0.1) is 0 Å². The van der Waals surface area contributed by atoms with Crippen LogP contribution in [0.3, 0.4) is 0 Å². The normalized spacial score (nSPS) is 20.7. The first kappa shape index (κ1) is 8.26. The quantitative estimate of drug-likeness (QED) is 0.656. The fraction of sp³-hybridized carbons (Fsp3) is 0.300. The number of amides is 1. The van der Waals surface area contributed by atoms with Crippen LogP contribution in [-0.2, 0) is 0 Å². The Morgan fingerprint density at radius 3 is 3.00 bits per heavy atom. The van der Waals surface area contributed by atoms with E-state index in [0.717, 1.165) is 5.56 Å². The molecule has 3 heteroatoms. The second kappa shape index (κ2) is 3.18. The predicted molar refractivity (Wildman–Crippen MR) is 48.6 cm³/mol. The van der Waals surface area contributed by atoms with Crippen molar-refractivity contribution >= 4 is 5.91 Å². The topological polar surface area (TPSA) is 49.3 Å². The summed E-state index contributed by atoms with van der Waals surface area (Å²) < 4.78 is 0. The lowest BCUT2D eigenvalue weighted by Gasteiger charge is -2.23. The molecule has 1 heterocycles. The zero-order chi connectivity index (χ0) is 9.26. The summed E-state index contributed by atoms with van der Waals surface area (Å²) in [6, 6.07) is 7.40. The molecule has 1 atom stereocenters. The van der Waals surface area contributed by atoms with Gasteiger partial charge in [0.15, 0.2) is 0 Å². The van der Waals surface area contributed by atoms with Gasteiger partial charge in [0.2, 0.25) is 0 Å². The van der Waals surface area contributed by atoms with Crippen molar-refractivity contribution in [2.24, 2.45) is 0 Å². The third-order valence-electron chi connectivity index (χ3n) is 2.37. The number of carbonyl (C=O) groups is 1. The maximum Gasteiger partial charge on any atom is 0.251 e. The zero-order valence-corrected chi connectivity index (χ0v) is 7.16. The van der Waals surface area contributed by atoms with Crippen LogP contribution in [0.15, 0.2) is 24.3 Å². The third-order valence-corrected chi connectivity index (χ3v) is 2.37. The van der Waals surface area contributed by atoms with Gasteiger partial charge in [-0.05, 0) is 11.6 Å². The lowest BCUT2D eigenvalue weighted by Crippen LogP contribution is -2.36. The van der Waals surface area contributed by atoms with Gasteiger partial charge in [0, 0.05) is 18.0 Å². The summed E-state index contributed by atoms with van der Waals surface area (Å²) in [7, 11) is 0. The van der Waals surface area contributed by atoms with E-state index in [1.807, 2.05) is 18.2 Å². The van der Waals surface area contributed by atoms with Gasteiger partial charge >= 0.3 is 0 Å². The molecule has 0 saturated heterocycles. The summed E-state index contributed by atoms with van der Waals surface area (Å²) in [5.41, 5.74) is 1.64. The summed E-state index contributed by atoms with van der Waals surface area (Å²) in [5, 5.41) is 11.8. The Balaban J connectivity index is 2.47. The standard InChI is InChI=1S/C10H11NO2/c12-6-7-5-11-10(13)9-4-2-1-3-8(7)9/h1-4,7,12H,5-6H2,(H,11,13)/t7-/m0/s1. The highest BCUT2D eigenvalue weighted by Gasteiger charge is 2.23. The summed E-state index contributed by atoms with van der Waals surface area (Å²) in [5.74, 6) is 0.00852. The van der Waals surface area contributed by atoms with Crippen LogP contribution in [0.4, 0.5) is 0 Å². The van der Waals surface area contributed by atoms with Gasteiger partial charge in [-0.3, -0.25) is 4.79 Å². The first-order valence-electron chi connectivity index (χ1n) is 4.31. The van der Waals surface area contributed by atoms with E-state index in [1.54, 1.807) is 6.07 Å². The van der Waals surface area contributed by atoms with Gasteiger partial charge in [0.05, 0.1) is 6.61 Å². The van der Waals surface area contributed by atoms with Crippen LogP contribution in [0.2, 0.25) is 0 Å². The number of carbonyl (C=O) groups excluding carboxylic acids is 1. The number of aliphatic hydroxyl groups excluding tert-OH is 1. The summed E-state index contributed by atoms with van der Waals surface area (Å²) in [6.45, 7) is 0.615. The van der Waals surface area contributed by atoms with E-state index < -0.39 is 0 Å². The van der Waals surface area contributed by atoms with Crippen LogP contribution in [0.25, 0.3) is 0 Å². The van der Waals surface area contributed by atoms with Crippen LogP contribution in [0.5, 0.6) is 0 Å². The molecular weight excluding hydrogens is 166 g/mol. The number of benzene rings is 1. The van der Waals surface area contributed by atoms with Gasteiger partial charge in [-0.2, -0.15) is 0 Å². The molecule has 1 aromatic carbocycles. The Labute approximate surface area is 76.4 Å². The highest BCUT2D eigenvalue weighted by molar-refractivity contribution is 5.97. The minimum atomic E-state index is -0.0414. The molecule has 2 rings (SSSR count). The molecule has 1 aromatic rings. The van der Waals surface area contributed by atoms with Crippen molar-refractivity contribution in [2.45, 2.75) is 5.92 Å². The van der Waals surface area contributed by atoms with Crippen molar-refractivity contribution < 1.29 is 9.90 Å². The molecule has 0 saturated carbocycles. The monoisotopic (exact) mass is 177 g/mol. The smallest absolute Gasteiger partial charge is 0.251 e. The number of nitrogens with one attached hydrogen (secondary N) is 1. The predicted octanol–water partition coefficient (Wildman–Crippen LogP) is 0.506. The van der Waals surface area contributed by atoms with Gasteiger partial charge in [-0.1, -0.05) is 18.2 Å². The molecular formula is C10H11NO2. The van der Waals surface area contributed by atoms with Crippen molar-refractivity contribution in [1.82, 2.24) is 5.32 Å². The molecule has 13 heavy (non-hydrogen) atoms. The molecule has 0 unspecified atom stereocenters. The molecule has 1 amide bonds. The molecule has 0 radical (unpaired) electrons. The van der Waals surface area contributed by atoms with E-state index in [9.17, 15) is 4.79 Å². The molecule has 1 aliphatic heterocycles.